The average Bonchev–Trinajstić information content (AvgIpc) is 3.57. The van der Waals surface area contributed by atoms with Crippen molar-refractivity contribution in [3.05, 3.63) is 39.9 Å². The molecule has 0 bridgehead atoms. The standard InChI is InChI=1S/C22H26FN3O4/c1-2-3-4-20(27)25-9-7-24(8-10-25)19-12-18-15(11-17(19)23)21(28)16(22(29)30)13-26(18)14-5-6-14/h11-14H,2-10H2,1H3,(H,29,30). The molecular formula is C22H26FN3O4. The number of amides is 1. The summed E-state index contributed by atoms with van der Waals surface area (Å²) < 4.78 is 16.8. The maximum atomic E-state index is 15.0. The van der Waals surface area contributed by atoms with Gasteiger partial charge in [0.2, 0.25) is 11.3 Å². The van der Waals surface area contributed by atoms with Gasteiger partial charge in [-0.3, -0.25) is 9.59 Å². The van der Waals surface area contributed by atoms with E-state index in [1.54, 1.807) is 10.6 Å². The largest absolute Gasteiger partial charge is 0.477 e. The number of pyridine rings is 1. The van der Waals surface area contributed by atoms with Crippen molar-refractivity contribution in [2.45, 2.75) is 45.1 Å². The molecule has 1 saturated carbocycles. The molecule has 0 atom stereocenters. The smallest absolute Gasteiger partial charge is 0.341 e. The average molecular weight is 415 g/mol. The maximum Gasteiger partial charge on any atom is 0.341 e. The predicted molar refractivity (Wildman–Crippen MR) is 112 cm³/mol. The molecule has 4 rings (SSSR count). The number of rotatable bonds is 6. The number of halogens is 1. The van der Waals surface area contributed by atoms with Gasteiger partial charge in [0, 0.05) is 50.2 Å². The number of fused-ring (bicyclic) bond motifs is 1. The summed E-state index contributed by atoms with van der Waals surface area (Å²) in [6.07, 6.45) is 5.58. The molecule has 1 aromatic carbocycles. The van der Waals surface area contributed by atoms with E-state index in [1.807, 2.05) is 16.7 Å². The lowest BCUT2D eigenvalue weighted by molar-refractivity contribution is -0.131. The minimum Gasteiger partial charge on any atom is -0.477 e. The number of hydrogen-bond donors (Lipinski definition) is 1. The Kier molecular flexibility index (Phi) is 5.49. The number of nitrogens with zero attached hydrogens (tertiary/aromatic N) is 3. The Morgan fingerprint density at radius 1 is 1.17 bits per heavy atom. The summed E-state index contributed by atoms with van der Waals surface area (Å²) in [5.41, 5.74) is -0.0441. The van der Waals surface area contributed by atoms with Gasteiger partial charge >= 0.3 is 5.97 Å². The van der Waals surface area contributed by atoms with Crippen molar-refractivity contribution in [3.63, 3.8) is 0 Å². The monoisotopic (exact) mass is 415 g/mol. The molecule has 2 fully saturated rings. The van der Waals surface area contributed by atoms with Gasteiger partial charge in [0.25, 0.3) is 0 Å². The molecule has 2 heterocycles. The lowest BCUT2D eigenvalue weighted by Gasteiger charge is -2.36. The third-order valence-electron chi connectivity index (χ3n) is 5.99. The van der Waals surface area contributed by atoms with Crippen molar-refractivity contribution in [2.75, 3.05) is 31.1 Å². The van der Waals surface area contributed by atoms with E-state index >= 15 is 0 Å². The second-order valence-electron chi connectivity index (χ2n) is 8.11. The summed E-state index contributed by atoms with van der Waals surface area (Å²) in [4.78, 5) is 40.0. The van der Waals surface area contributed by atoms with Gasteiger partial charge in [-0.1, -0.05) is 13.3 Å². The van der Waals surface area contributed by atoms with E-state index < -0.39 is 17.2 Å². The molecule has 0 unspecified atom stereocenters. The minimum absolute atomic E-state index is 0.0939. The van der Waals surface area contributed by atoms with E-state index in [1.165, 1.54) is 6.20 Å². The molecule has 7 nitrogen and oxygen atoms in total. The zero-order valence-electron chi connectivity index (χ0n) is 17.1. The highest BCUT2D eigenvalue weighted by molar-refractivity contribution is 5.93. The quantitative estimate of drug-likeness (QED) is 0.784. The number of unbranched alkanes of at least 4 members (excludes halogenated alkanes) is 1. The fourth-order valence-electron chi connectivity index (χ4n) is 4.09. The summed E-state index contributed by atoms with van der Waals surface area (Å²) in [6.45, 7) is 4.15. The number of carbonyl (C=O) groups is 2. The van der Waals surface area contributed by atoms with Crippen LogP contribution in [0.25, 0.3) is 10.9 Å². The van der Waals surface area contributed by atoms with Gasteiger partial charge in [-0.05, 0) is 31.4 Å². The summed E-state index contributed by atoms with van der Waals surface area (Å²) in [6, 6.07) is 2.96. The first-order valence-electron chi connectivity index (χ1n) is 10.5. The van der Waals surface area contributed by atoms with Crippen LogP contribution in [0.1, 0.15) is 55.4 Å². The number of carboxylic acids is 1. The van der Waals surface area contributed by atoms with Gasteiger partial charge in [-0.2, -0.15) is 0 Å². The van der Waals surface area contributed by atoms with Gasteiger partial charge in [0.1, 0.15) is 11.4 Å². The van der Waals surface area contributed by atoms with Crippen LogP contribution in [-0.4, -0.2) is 52.6 Å². The second-order valence-corrected chi connectivity index (χ2v) is 8.11. The van der Waals surface area contributed by atoms with Crippen molar-refractivity contribution in [3.8, 4) is 0 Å². The zero-order chi connectivity index (χ0) is 21.4. The number of anilines is 1. The van der Waals surface area contributed by atoms with Crippen LogP contribution < -0.4 is 10.3 Å². The Balaban J connectivity index is 1.65. The van der Waals surface area contributed by atoms with E-state index in [0.717, 1.165) is 31.7 Å². The van der Waals surface area contributed by atoms with Crippen molar-refractivity contribution in [1.82, 2.24) is 9.47 Å². The molecule has 1 aliphatic carbocycles. The molecule has 0 spiro atoms. The molecule has 2 aromatic rings. The molecule has 30 heavy (non-hydrogen) atoms. The van der Waals surface area contributed by atoms with E-state index in [9.17, 15) is 23.9 Å². The molecule has 1 aromatic heterocycles. The number of aromatic nitrogens is 1. The van der Waals surface area contributed by atoms with E-state index in [0.29, 0.717) is 43.8 Å². The summed E-state index contributed by atoms with van der Waals surface area (Å²) in [5.74, 6) is -1.71. The molecule has 8 heteroatoms. The molecule has 160 valence electrons. The first kappa shape index (κ1) is 20.4. The van der Waals surface area contributed by atoms with Gasteiger partial charge in [-0.25, -0.2) is 9.18 Å². The molecule has 1 saturated heterocycles. The normalized spacial score (nSPS) is 16.9. The first-order chi connectivity index (χ1) is 14.4. The van der Waals surface area contributed by atoms with Crippen LogP contribution in [-0.2, 0) is 4.79 Å². The lowest BCUT2D eigenvalue weighted by atomic mass is 10.1. The van der Waals surface area contributed by atoms with E-state index in [2.05, 4.69) is 0 Å². The van der Waals surface area contributed by atoms with Crippen LogP contribution in [0.4, 0.5) is 10.1 Å². The Morgan fingerprint density at radius 2 is 1.87 bits per heavy atom. The Hall–Kier alpha value is -2.90. The molecular weight excluding hydrogens is 389 g/mol. The number of hydrogen-bond acceptors (Lipinski definition) is 4. The first-order valence-corrected chi connectivity index (χ1v) is 10.5. The SMILES string of the molecule is CCCCC(=O)N1CCN(c2cc3c(cc2F)c(=O)c(C(=O)O)cn3C2CC2)CC1. The summed E-state index contributed by atoms with van der Waals surface area (Å²) >= 11 is 0. The Morgan fingerprint density at radius 3 is 2.47 bits per heavy atom. The lowest BCUT2D eigenvalue weighted by Crippen LogP contribution is -2.49. The van der Waals surface area contributed by atoms with Gasteiger partial charge in [0.05, 0.1) is 11.2 Å². The van der Waals surface area contributed by atoms with Crippen molar-refractivity contribution in [1.29, 1.82) is 0 Å². The van der Waals surface area contributed by atoms with Gasteiger partial charge in [0.15, 0.2) is 0 Å². The second kappa shape index (κ2) is 8.08. The molecule has 1 aliphatic heterocycles. The summed E-state index contributed by atoms with van der Waals surface area (Å²) in [7, 11) is 0. The number of carbonyl (C=O) groups excluding carboxylic acids is 1. The van der Waals surface area contributed by atoms with Gasteiger partial charge < -0.3 is 19.5 Å². The number of piperazine rings is 1. The number of benzene rings is 1. The van der Waals surface area contributed by atoms with Crippen LogP contribution in [0.5, 0.6) is 0 Å². The molecule has 1 amide bonds. The highest BCUT2D eigenvalue weighted by atomic mass is 19.1. The van der Waals surface area contributed by atoms with Crippen LogP contribution in [0.3, 0.4) is 0 Å². The van der Waals surface area contributed by atoms with E-state index in [-0.39, 0.29) is 22.9 Å². The van der Waals surface area contributed by atoms with Crippen LogP contribution in [0.15, 0.2) is 23.1 Å². The van der Waals surface area contributed by atoms with Crippen LogP contribution >= 0.6 is 0 Å². The van der Waals surface area contributed by atoms with Crippen molar-refractivity contribution < 1.29 is 19.1 Å². The fraction of sp³-hybridized carbons (Fsp3) is 0.500. The fourth-order valence-corrected chi connectivity index (χ4v) is 4.09. The van der Waals surface area contributed by atoms with Crippen molar-refractivity contribution in [2.24, 2.45) is 0 Å². The van der Waals surface area contributed by atoms with E-state index in [4.69, 9.17) is 0 Å². The summed E-state index contributed by atoms with van der Waals surface area (Å²) in [5, 5.41) is 9.45. The third kappa shape index (κ3) is 3.78. The minimum atomic E-state index is -1.30. The molecule has 0 radical (unpaired) electrons. The van der Waals surface area contributed by atoms with Crippen LogP contribution in [0.2, 0.25) is 0 Å². The predicted octanol–water partition coefficient (Wildman–Crippen LogP) is 3.01. The van der Waals surface area contributed by atoms with Gasteiger partial charge in [-0.15, -0.1) is 0 Å². The highest BCUT2D eigenvalue weighted by Crippen LogP contribution is 2.38. The van der Waals surface area contributed by atoms with Crippen LogP contribution in [0, 0.1) is 5.82 Å². The highest BCUT2D eigenvalue weighted by Gasteiger charge is 2.29. The zero-order valence-corrected chi connectivity index (χ0v) is 17.1. The Bertz CT molecular complexity index is 1050. The topological polar surface area (TPSA) is 82.8 Å². The number of aromatic carboxylic acids is 1. The third-order valence-corrected chi connectivity index (χ3v) is 5.99. The Labute approximate surface area is 173 Å². The van der Waals surface area contributed by atoms with Crippen molar-refractivity contribution >= 4 is 28.5 Å². The number of carboxylic acid groups (broad SMARTS) is 1. The maximum absolute atomic E-state index is 15.0. The molecule has 2 aliphatic rings. The molecule has 1 N–H and O–H groups in total.